The minimum Gasteiger partial charge on any atom is -0.456 e. The second-order valence-corrected chi connectivity index (χ2v) is 10.8. The van der Waals surface area contributed by atoms with Gasteiger partial charge in [0.1, 0.15) is 11.2 Å². The summed E-state index contributed by atoms with van der Waals surface area (Å²) >= 11 is 0. The number of hydrogen-bond acceptors (Lipinski definition) is 5. The molecule has 5 nitrogen and oxygen atoms in total. The van der Waals surface area contributed by atoms with E-state index in [1.165, 1.54) is 0 Å². The number of aromatic nitrogens is 3. The lowest BCUT2D eigenvalue weighted by molar-refractivity contribution is 0.660. The molecule has 0 saturated carbocycles. The Labute approximate surface area is 259 Å². The van der Waals surface area contributed by atoms with Gasteiger partial charge in [-0.15, -0.1) is 0 Å². The second-order valence-electron chi connectivity index (χ2n) is 10.8. The van der Waals surface area contributed by atoms with Gasteiger partial charge in [0.05, 0.1) is 10.8 Å². The number of para-hydroxylation sites is 1. The molecule has 2 heterocycles. The Morgan fingerprint density at radius 1 is 0.356 bits per heavy atom. The number of benzene rings is 6. The zero-order valence-electron chi connectivity index (χ0n) is 24.1. The zero-order chi connectivity index (χ0) is 30.2. The maximum Gasteiger partial charge on any atom is 0.200 e. The minimum atomic E-state index is -0.0152. The van der Waals surface area contributed by atoms with E-state index in [0.717, 1.165) is 38.9 Å². The van der Waals surface area contributed by atoms with Gasteiger partial charge in [0.25, 0.3) is 0 Å². The number of hydrogen-bond donors (Lipinski definition) is 0. The molecule has 0 spiro atoms. The summed E-state index contributed by atoms with van der Waals surface area (Å²) in [5.41, 5.74) is 8.07. The van der Waals surface area contributed by atoms with Crippen LogP contribution in [0.3, 0.4) is 0 Å². The van der Waals surface area contributed by atoms with Crippen molar-refractivity contribution in [2.45, 2.75) is 0 Å². The van der Waals surface area contributed by atoms with E-state index in [2.05, 4.69) is 36.4 Å². The van der Waals surface area contributed by atoms with Crippen molar-refractivity contribution in [1.82, 2.24) is 15.0 Å². The third-order valence-electron chi connectivity index (χ3n) is 7.95. The van der Waals surface area contributed by atoms with Gasteiger partial charge in [0.2, 0.25) is 5.43 Å². The number of fused-ring (bicyclic) bond motifs is 2. The van der Waals surface area contributed by atoms with E-state index in [1.807, 2.05) is 109 Å². The van der Waals surface area contributed by atoms with Crippen LogP contribution in [0.25, 0.3) is 78.4 Å². The molecule has 8 aromatic rings. The van der Waals surface area contributed by atoms with E-state index in [4.69, 9.17) is 19.4 Å². The first-order valence-electron chi connectivity index (χ1n) is 14.7. The summed E-state index contributed by atoms with van der Waals surface area (Å²) in [6, 6.07) is 49.7. The van der Waals surface area contributed by atoms with Gasteiger partial charge in [-0.25, -0.2) is 15.0 Å². The lowest BCUT2D eigenvalue weighted by Crippen LogP contribution is -2.01. The number of rotatable bonds is 5. The topological polar surface area (TPSA) is 68.9 Å². The van der Waals surface area contributed by atoms with E-state index in [0.29, 0.717) is 39.4 Å². The van der Waals surface area contributed by atoms with Crippen LogP contribution in [-0.2, 0) is 0 Å². The molecule has 0 aliphatic heterocycles. The first kappa shape index (κ1) is 26.4. The molecule has 5 heteroatoms. The first-order valence-corrected chi connectivity index (χ1v) is 14.7. The summed E-state index contributed by atoms with van der Waals surface area (Å²) in [6.45, 7) is 0. The highest BCUT2D eigenvalue weighted by Crippen LogP contribution is 2.31. The summed E-state index contributed by atoms with van der Waals surface area (Å²) in [4.78, 5) is 27.6. The normalized spacial score (nSPS) is 11.2. The molecule has 0 atom stereocenters. The van der Waals surface area contributed by atoms with Gasteiger partial charge in [0, 0.05) is 16.7 Å². The molecule has 8 rings (SSSR count). The van der Waals surface area contributed by atoms with Crippen LogP contribution in [0.4, 0.5) is 0 Å². The number of nitrogens with zero attached hydrogens (tertiary/aromatic N) is 3. The zero-order valence-corrected chi connectivity index (χ0v) is 24.1. The van der Waals surface area contributed by atoms with E-state index < -0.39 is 0 Å². The maximum absolute atomic E-state index is 13.0. The molecule has 0 unspecified atom stereocenters. The molecule has 0 fully saturated rings. The van der Waals surface area contributed by atoms with Gasteiger partial charge in [0.15, 0.2) is 17.5 Å². The smallest absolute Gasteiger partial charge is 0.200 e. The van der Waals surface area contributed by atoms with Gasteiger partial charge in [-0.05, 0) is 52.6 Å². The predicted octanol–water partition coefficient (Wildman–Crippen LogP) is 9.47. The fourth-order valence-electron chi connectivity index (χ4n) is 5.61. The molecule has 0 N–H and O–H groups in total. The van der Waals surface area contributed by atoms with Crippen molar-refractivity contribution >= 4 is 21.9 Å². The Morgan fingerprint density at radius 3 is 1.47 bits per heavy atom. The lowest BCUT2D eigenvalue weighted by Gasteiger charge is -2.10. The van der Waals surface area contributed by atoms with Crippen LogP contribution in [0.1, 0.15) is 0 Å². The van der Waals surface area contributed by atoms with Gasteiger partial charge in [-0.1, -0.05) is 121 Å². The predicted molar refractivity (Wildman–Crippen MR) is 181 cm³/mol. The Hall–Kier alpha value is -6.20. The second kappa shape index (κ2) is 11.1. The lowest BCUT2D eigenvalue weighted by atomic mass is 9.98. The van der Waals surface area contributed by atoms with Crippen LogP contribution in [0.5, 0.6) is 0 Å². The molecule has 0 aliphatic carbocycles. The van der Waals surface area contributed by atoms with Crippen LogP contribution in [0.2, 0.25) is 0 Å². The Balaban J connectivity index is 1.15. The Bertz CT molecular complexity index is 2330. The maximum atomic E-state index is 13.0. The van der Waals surface area contributed by atoms with Crippen LogP contribution in [-0.4, -0.2) is 15.0 Å². The van der Waals surface area contributed by atoms with Gasteiger partial charge >= 0.3 is 0 Å². The van der Waals surface area contributed by atoms with Crippen LogP contribution < -0.4 is 5.43 Å². The quantitative estimate of drug-likeness (QED) is 0.190. The molecule has 0 amide bonds. The van der Waals surface area contributed by atoms with Crippen LogP contribution in [0, 0.1) is 0 Å². The average Bonchev–Trinajstić information content (AvgIpc) is 3.12. The highest BCUT2D eigenvalue weighted by Gasteiger charge is 2.13. The van der Waals surface area contributed by atoms with Gasteiger partial charge in [-0.2, -0.15) is 0 Å². The van der Waals surface area contributed by atoms with Crippen molar-refractivity contribution in [1.29, 1.82) is 0 Å². The summed E-state index contributed by atoms with van der Waals surface area (Å²) in [7, 11) is 0. The molecule has 45 heavy (non-hydrogen) atoms. The molecule has 212 valence electrons. The summed E-state index contributed by atoms with van der Waals surface area (Å²) < 4.78 is 6.09. The highest BCUT2D eigenvalue weighted by molar-refractivity contribution is 5.92. The molecular weight excluding hydrogens is 554 g/mol. The third kappa shape index (κ3) is 5.07. The van der Waals surface area contributed by atoms with Crippen molar-refractivity contribution in [3.8, 4) is 56.4 Å². The van der Waals surface area contributed by atoms with Crippen LogP contribution in [0.15, 0.2) is 161 Å². The molecule has 0 radical (unpaired) electrons. The highest BCUT2D eigenvalue weighted by atomic mass is 16.3. The fourth-order valence-corrected chi connectivity index (χ4v) is 5.61. The Kier molecular flexibility index (Phi) is 6.54. The fraction of sp³-hybridized carbons (Fsp3) is 0. The molecule has 2 aromatic heterocycles. The van der Waals surface area contributed by atoms with Crippen molar-refractivity contribution < 1.29 is 4.42 Å². The minimum absolute atomic E-state index is 0.0152. The van der Waals surface area contributed by atoms with E-state index in [-0.39, 0.29) is 5.43 Å². The molecule has 0 aliphatic rings. The standard InChI is InChI=1S/C40H25N3O2/c44-37-33-16-7-8-17-35(33)45-36-25-31(22-23-34(36)37)27-20-18-26(19-21-27)30-14-9-15-32(24-30)40-42-38(28-10-3-1-4-11-28)41-39(43-40)29-12-5-2-6-13-29/h1-25H. The average molecular weight is 580 g/mol. The molecule has 6 aromatic carbocycles. The third-order valence-corrected chi connectivity index (χ3v) is 7.95. The largest absolute Gasteiger partial charge is 0.456 e. The van der Waals surface area contributed by atoms with E-state index in [1.54, 1.807) is 6.07 Å². The summed E-state index contributed by atoms with van der Waals surface area (Å²) in [5, 5.41) is 1.17. The SMILES string of the molecule is O=c1c2ccccc2oc2cc(-c3ccc(-c4cccc(-c5nc(-c6ccccc6)nc(-c6ccccc6)n5)c4)cc3)ccc12. The molecule has 0 bridgehead atoms. The van der Waals surface area contributed by atoms with Gasteiger partial charge < -0.3 is 4.42 Å². The summed E-state index contributed by atoms with van der Waals surface area (Å²) in [6.07, 6.45) is 0. The van der Waals surface area contributed by atoms with Gasteiger partial charge in [-0.3, -0.25) is 4.79 Å². The Morgan fingerprint density at radius 2 is 0.822 bits per heavy atom. The molecule has 0 saturated heterocycles. The van der Waals surface area contributed by atoms with Crippen molar-refractivity contribution in [2.24, 2.45) is 0 Å². The summed E-state index contributed by atoms with van der Waals surface area (Å²) in [5.74, 6) is 1.88. The van der Waals surface area contributed by atoms with E-state index >= 15 is 0 Å². The molecular formula is C40H25N3O2. The monoisotopic (exact) mass is 579 g/mol. The first-order chi connectivity index (χ1) is 22.2. The van der Waals surface area contributed by atoms with Crippen LogP contribution >= 0.6 is 0 Å². The van der Waals surface area contributed by atoms with Crippen molar-refractivity contribution in [2.75, 3.05) is 0 Å². The van der Waals surface area contributed by atoms with E-state index in [9.17, 15) is 4.79 Å². The van der Waals surface area contributed by atoms with Crippen molar-refractivity contribution in [3.63, 3.8) is 0 Å². The van der Waals surface area contributed by atoms with Crippen molar-refractivity contribution in [3.05, 3.63) is 162 Å².